The van der Waals surface area contributed by atoms with E-state index in [-0.39, 0.29) is 35.3 Å². The van der Waals surface area contributed by atoms with Crippen molar-refractivity contribution in [2.75, 3.05) is 54.8 Å². The van der Waals surface area contributed by atoms with Gasteiger partial charge >= 0.3 is 0 Å². The molecule has 2 aliphatic rings. The van der Waals surface area contributed by atoms with E-state index in [1.54, 1.807) is 12.1 Å². The number of benzene rings is 2. The van der Waals surface area contributed by atoms with Gasteiger partial charge in [-0.05, 0) is 30.3 Å². The molecule has 0 radical (unpaired) electrons. The van der Waals surface area contributed by atoms with E-state index in [1.807, 2.05) is 0 Å². The topological polar surface area (TPSA) is 96.0 Å². The van der Waals surface area contributed by atoms with Crippen LogP contribution in [-0.4, -0.2) is 62.4 Å². The summed E-state index contributed by atoms with van der Waals surface area (Å²) in [5.41, 5.74) is 1.11. The van der Waals surface area contributed by atoms with Gasteiger partial charge in [-0.3, -0.25) is 4.31 Å². The van der Waals surface area contributed by atoms with Crippen LogP contribution in [0.15, 0.2) is 46.2 Å². The second-order valence-corrected chi connectivity index (χ2v) is 11.5. The molecule has 2 heterocycles. The van der Waals surface area contributed by atoms with Gasteiger partial charge in [0.2, 0.25) is 0 Å². The molecule has 0 spiro atoms. The molecule has 0 bridgehead atoms. The lowest BCUT2D eigenvalue weighted by Crippen LogP contribution is -2.44. The first kappa shape index (κ1) is 23.9. The molecule has 0 atom stereocenters. The van der Waals surface area contributed by atoms with Crippen LogP contribution in [0.3, 0.4) is 0 Å². The van der Waals surface area contributed by atoms with Gasteiger partial charge in [-0.1, -0.05) is 17.7 Å². The number of ether oxygens (including phenoxy) is 1. The lowest BCUT2D eigenvalue weighted by molar-refractivity contribution is 0.315. The maximum absolute atomic E-state index is 13.4. The van der Waals surface area contributed by atoms with Gasteiger partial charge in [0, 0.05) is 37.5 Å². The fraction of sp³-hybridized carbons (Fsp3) is 0.368. The number of sulfone groups is 1. The van der Waals surface area contributed by atoms with Crippen LogP contribution < -0.4 is 19.3 Å². The fourth-order valence-corrected chi connectivity index (χ4v) is 6.07. The Morgan fingerprint density at radius 3 is 2.29 bits per heavy atom. The number of hydrogen-bond donors (Lipinski definition) is 1. The van der Waals surface area contributed by atoms with Gasteiger partial charge in [0.15, 0.2) is 15.6 Å². The number of hydrogen-bond acceptors (Lipinski definition) is 7. The molecule has 2 aromatic carbocycles. The summed E-state index contributed by atoms with van der Waals surface area (Å²) >= 11 is 6.35. The first-order valence-electron chi connectivity index (χ1n) is 9.43. The molecule has 0 amide bonds. The van der Waals surface area contributed by atoms with Crippen LogP contribution in [0.25, 0.3) is 0 Å². The van der Waals surface area contributed by atoms with Gasteiger partial charge in [0.25, 0.3) is 10.0 Å². The predicted octanol–water partition coefficient (Wildman–Crippen LogP) is 2.16. The number of anilines is 2. The second-order valence-electron chi connectivity index (χ2n) is 7.18. The zero-order chi connectivity index (χ0) is 21.5. The summed E-state index contributed by atoms with van der Waals surface area (Å²) in [6.45, 7) is 3.39. The number of halogens is 2. The molecule has 0 aliphatic carbocycles. The van der Waals surface area contributed by atoms with Crippen molar-refractivity contribution in [3.05, 3.63) is 41.4 Å². The van der Waals surface area contributed by atoms with E-state index in [2.05, 4.69) is 10.2 Å². The Balaban J connectivity index is 0.00000272. The molecule has 2 aliphatic heterocycles. The molecule has 1 N–H and O–H groups in total. The summed E-state index contributed by atoms with van der Waals surface area (Å²) in [6, 6.07) is 8.73. The van der Waals surface area contributed by atoms with Crippen molar-refractivity contribution in [2.24, 2.45) is 0 Å². The minimum atomic E-state index is -4.02. The summed E-state index contributed by atoms with van der Waals surface area (Å²) in [5.74, 6) is 0.468. The maximum atomic E-state index is 13.4. The monoisotopic (exact) mass is 507 g/mol. The summed E-state index contributed by atoms with van der Waals surface area (Å²) < 4.78 is 57.8. The van der Waals surface area contributed by atoms with E-state index >= 15 is 0 Å². The minimum Gasteiger partial charge on any atom is -0.487 e. The lowest BCUT2D eigenvalue weighted by Gasteiger charge is -2.36. The minimum absolute atomic E-state index is 0. The van der Waals surface area contributed by atoms with Crippen molar-refractivity contribution in [2.45, 2.75) is 9.79 Å². The summed E-state index contributed by atoms with van der Waals surface area (Å²) in [6.07, 6.45) is 1.04. The number of nitrogens with one attached hydrogen (secondary N) is 1. The fourth-order valence-electron chi connectivity index (χ4n) is 3.63. The van der Waals surface area contributed by atoms with Crippen LogP contribution in [0.2, 0.25) is 5.02 Å². The van der Waals surface area contributed by atoms with E-state index in [1.165, 1.54) is 28.6 Å². The van der Waals surface area contributed by atoms with Crippen molar-refractivity contribution < 1.29 is 21.6 Å². The van der Waals surface area contributed by atoms with E-state index < -0.39 is 19.9 Å². The smallest absolute Gasteiger partial charge is 0.264 e. The molecule has 0 unspecified atom stereocenters. The molecule has 12 heteroatoms. The second kappa shape index (κ2) is 9.03. The first-order chi connectivity index (χ1) is 14.2. The summed E-state index contributed by atoms with van der Waals surface area (Å²) in [5, 5.41) is 3.68. The molecular weight excluding hydrogens is 485 g/mol. The molecule has 4 rings (SSSR count). The zero-order valence-corrected chi connectivity index (χ0v) is 20.0. The van der Waals surface area contributed by atoms with E-state index in [0.717, 1.165) is 38.1 Å². The van der Waals surface area contributed by atoms with Gasteiger partial charge < -0.3 is 15.0 Å². The van der Waals surface area contributed by atoms with Crippen LogP contribution in [-0.2, 0) is 19.9 Å². The lowest BCUT2D eigenvalue weighted by atomic mass is 10.2. The normalized spacial score (nSPS) is 16.8. The highest BCUT2D eigenvalue weighted by atomic mass is 35.5. The first-order valence-corrected chi connectivity index (χ1v) is 13.1. The third-order valence-electron chi connectivity index (χ3n) is 5.10. The number of fused-ring (bicyclic) bond motifs is 1. The van der Waals surface area contributed by atoms with Crippen LogP contribution in [0.4, 0.5) is 11.4 Å². The molecule has 0 aromatic heterocycles. The SMILES string of the molecule is CS(=O)(=O)c1cccc(S(=O)(=O)N2CCOc3c(N4CCNCC4)cc(Cl)cc32)c1.Cl. The summed E-state index contributed by atoms with van der Waals surface area (Å²) in [4.78, 5) is 1.97. The van der Waals surface area contributed by atoms with Gasteiger partial charge in [-0.15, -0.1) is 12.4 Å². The third-order valence-corrected chi connectivity index (χ3v) is 8.24. The summed E-state index contributed by atoms with van der Waals surface area (Å²) in [7, 11) is -7.57. The van der Waals surface area contributed by atoms with E-state index in [9.17, 15) is 16.8 Å². The number of sulfonamides is 1. The van der Waals surface area contributed by atoms with Crippen LogP contribution in [0.1, 0.15) is 0 Å². The van der Waals surface area contributed by atoms with Crippen molar-refractivity contribution in [1.29, 1.82) is 0 Å². The predicted molar refractivity (Wildman–Crippen MR) is 123 cm³/mol. The standard InChI is InChI=1S/C19H22ClN3O5S2.ClH/c1-29(24,25)15-3-2-4-16(13-15)30(26,27)23-9-10-28-19-17(11-14(20)12-18(19)23)22-7-5-21-6-8-22;/h2-4,11-13,21H,5-10H2,1H3;1H. The van der Waals surface area contributed by atoms with Gasteiger partial charge in [0.05, 0.1) is 27.7 Å². The van der Waals surface area contributed by atoms with Gasteiger partial charge in [-0.2, -0.15) is 0 Å². The van der Waals surface area contributed by atoms with E-state index in [0.29, 0.717) is 16.5 Å². The van der Waals surface area contributed by atoms with E-state index in [4.69, 9.17) is 16.3 Å². The van der Waals surface area contributed by atoms with Crippen LogP contribution in [0.5, 0.6) is 5.75 Å². The Hall–Kier alpha value is -1.72. The molecule has 1 saturated heterocycles. The Morgan fingerprint density at radius 1 is 0.968 bits per heavy atom. The highest BCUT2D eigenvalue weighted by molar-refractivity contribution is 7.93. The maximum Gasteiger partial charge on any atom is 0.264 e. The number of piperazine rings is 1. The van der Waals surface area contributed by atoms with Crippen molar-refractivity contribution >= 4 is 55.2 Å². The van der Waals surface area contributed by atoms with Crippen molar-refractivity contribution in [1.82, 2.24) is 5.32 Å². The van der Waals surface area contributed by atoms with Gasteiger partial charge in [-0.25, -0.2) is 16.8 Å². The Morgan fingerprint density at radius 2 is 1.61 bits per heavy atom. The Labute approximate surface area is 193 Å². The van der Waals surface area contributed by atoms with Crippen LogP contribution >= 0.6 is 24.0 Å². The molecule has 0 saturated carbocycles. The molecule has 8 nitrogen and oxygen atoms in total. The quantitative estimate of drug-likeness (QED) is 0.677. The van der Waals surface area contributed by atoms with Crippen molar-refractivity contribution in [3.63, 3.8) is 0 Å². The van der Waals surface area contributed by atoms with Crippen molar-refractivity contribution in [3.8, 4) is 5.75 Å². The Bertz CT molecular complexity index is 1180. The third kappa shape index (κ3) is 4.73. The average molecular weight is 508 g/mol. The molecule has 1 fully saturated rings. The molecule has 170 valence electrons. The zero-order valence-electron chi connectivity index (χ0n) is 16.7. The van der Waals surface area contributed by atoms with Gasteiger partial charge in [0.1, 0.15) is 6.61 Å². The highest BCUT2D eigenvalue weighted by Crippen LogP contribution is 2.44. The number of rotatable bonds is 4. The number of nitrogens with zero attached hydrogens (tertiary/aromatic N) is 2. The molecule has 2 aromatic rings. The average Bonchev–Trinajstić information content (AvgIpc) is 2.73. The Kier molecular flexibility index (Phi) is 6.97. The highest BCUT2D eigenvalue weighted by Gasteiger charge is 2.33. The molecule has 31 heavy (non-hydrogen) atoms. The largest absolute Gasteiger partial charge is 0.487 e. The molecular formula is C19H23Cl2N3O5S2. The van der Waals surface area contributed by atoms with Crippen LogP contribution in [0, 0.1) is 0 Å².